The number of rotatable bonds is 5. The van der Waals surface area contributed by atoms with Crippen molar-refractivity contribution < 1.29 is 18.0 Å². The molecule has 1 N–H and O–H groups in total. The third kappa shape index (κ3) is 3.58. The Morgan fingerprint density at radius 3 is 2.54 bits per heavy atom. The lowest BCUT2D eigenvalue weighted by Crippen LogP contribution is -2.36. The molecule has 2 amide bonds. The van der Waals surface area contributed by atoms with Crippen molar-refractivity contribution in [2.75, 3.05) is 13.1 Å². The predicted molar refractivity (Wildman–Crippen MR) is 110 cm³/mol. The first kappa shape index (κ1) is 20.5. The van der Waals surface area contributed by atoms with Crippen molar-refractivity contribution in [3.05, 3.63) is 63.6 Å². The second-order valence-corrected chi connectivity index (χ2v) is 10.0. The summed E-state index contributed by atoms with van der Waals surface area (Å²) < 4.78 is 26.8. The first-order valence-corrected chi connectivity index (χ1v) is 11.1. The molecule has 0 unspecified atom stereocenters. The second-order valence-electron chi connectivity index (χ2n) is 7.26. The minimum atomic E-state index is -3.89. The first-order chi connectivity index (χ1) is 13.1. The van der Waals surface area contributed by atoms with Crippen molar-refractivity contribution in [3.63, 3.8) is 0 Å². The van der Waals surface area contributed by atoms with Gasteiger partial charge in [0.15, 0.2) is 0 Å². The second kappa shape index (κ2) is 7.33. The van der Waals surface area contributed by atoms with Gasteiger partial charge in [-0.1, -0.05) is 41.9 Å². The SMILES string of the molecule is CCN1C(=O)c2ccc(C(=O)NCC(C)(C)c3cccc(Br)c3)cc2S1(=O)=O. The van der Waals surface area contributed by atoms with Crippen LogP contribution in [0, 0.1) is 0 Å². The van der Waals surface area contributed by atoms with Gasteiger partial charge in [-0.05, 0) is 42.8 Å². The third-order valence-electron chi connectivity index (χ3n) is 4.85. The number of carbonyl (C=O) groups excluding carboxylic acids is 2. The molecule has 148 valence electrons. The van der Waals surface area contributed by atoms with Gasteiger partial charge in [0, 0.05) is 28.5 Å². The third-order valence-corrected chi connectivity index (χ3v) is 7.24. The van der Waals surface area contributed by atoms with Crippen LogP contribution in [-0.4, -0.2) is 37.6 Å². The van der Waals surface area contributed by atoms with Gasteiger partial charge in [-0.2, -0.15) is 0 Å². The molecule has 8 heteroatoms. The van der Waals surface area contributed by atoms with E-state index < -0.39 is 15.9 Å². The Bertz CT molecular complexity index is 1060. The number of amides is 2. The van der Waals surface area contributed by atoms with Crippen molar-refractivity contribution in [1.82, 2.24) is 9.62 Å². The number of hydrogen-bond acceptors (Lipinski definition) is 4. The summed E-state index contributed by atoms with van der Waals surface area (Å²) in [4.78, 5) is 24.7. The van der Waals surface area contributed by atoms with Crippen LogP contribution in [0.1, 0.15) is 47.1 Å². The lowest BCUT2D eigenvalue weighted by Gasteiger charge is -2.26. The number of benzene rings is 2. The zero-order chi connectivity index (χ0) is 20.7. The number of carbonyl (C=O) groups is 2. The number of halogens is 1. The van der Waals surface area contributed by atoms with Crippen LogP contribution >= 0.6 is 15.9 Å². The quantitative estimate of drug-likeness (QED) is 0.735. The van der Waals surface area contributed by atoms with E-state index in [1.807, 2.05) is 38.1 Å². The molecule has 2 aromatic rings. The van der Waals surface area contributed by atoms with Crippen LogP contribution < -0.4 is 5.32 Å². The van der Waals surface area contributed by atoms with E-state index in [1.54, 1.807) is 6.92 Å². The molecule has 1 aliphatic rings. The van der Waals surface area contributed by atoms with E-state index >= 15 is 0 Å². The number of fused-ring (bicyclic) bond motifs is 1. The molecule has 0 bridgehead atoms. The van der Waals surface area contributed by atoms with Crippen LogP contribution in [0.3, 0.4) is 0 Å². The van der Waals surface area contributed by atoms with Gasteiger partial charge in [-0.25, -0.2) is 12.7 Å². The molecule has 6 nitrogen and oxygen atoms in total. The highest BCUT2D eigenvalue weighted by Gasteiger charge is 2.40. The Labute approximate surface area is 173 Å². The maximum Gasteiger partial charge on any atom is 0.268 e. The lowest BCUT2D eigenvalue weighted by molar-refractivity contribution is 0.0874. The van der Waals surface area contributed by atoms with Gasteiger partial charge in [0.2, 0.25) is 0 Å². The van der Waals surface area contributed by atoms with Crippen molar-refractivity contribution >= 4 is 37.8 Å². The van der Waals surface area contributed by atoms with Crippen LogP contribution in [0.5, 0.6) is 0 Å². The molecule has 0 radical (unpaired) electrons. The highest BCUT2D eigenvalue weighted by Crippen LogP contribution is 2.31. The Morgan fingerprint density at radius 2 is 1.89 bits per heavy atom. The fourth-order valence-electron chi connectivity index (χ4n) is 3.14. The van der Waals surface area contributed by atoms with Crippen LogP contribution in [0.25, 0.3) is 0 Å². The minimum absolute atomic E-state index is 0.0538. The van der Waals surface area contributed by atoms with Gasteiger partial charge in [0.25, 0.3) is 21.8 Å². The van der Waals surface area contributed by atoms with Gasteiger partial charge in [0.1, 0.15) is 4.90 Å². The summed E-state index contributed by atoms with van der Waals surface area (Å²) in [5, 5.41) is 2.86. The van der Waals surface area contributed by atoms with Gasteiger partial charge in [-0.15, -0.1) is 0 Å². The molecule has 2 aromatic carbocycles. The van der Waals surface area contributed by atoms with Crippen molar-refractivity contribution in [1.29, 1.82) is 0 Å². The smallest absolute Gasteiger partial charge is 0.268 e. The van der Waals surface area contributed by atoms with Crippen LogP contribution in [0.4, 0.5) is 0 Å². The molecule has 0 spiro atoms. The largest absolute Gasteiger partial charge is 0.351 e. The molecular weight excluding hydrogens is 444 g/mol. The van der Waals surface area contributed by atoms with E-state index in [2.05, 4.69) is 21.2 Å². The Balaban J connectivity index is 1.81. The van der Waals surface area contributed by atoms with Gasteiger partial charge < -0.3 is 5.32 Å². The number of nitrogens with zero attached hydrogens (tertiary/aromatic N) is 1. The summed E-state index contributed by atoms with van der Waals surface area (Å²) in [5.74, 6) is -0.941. The summed E-state index contributed by atoms with van der Waals surface area (Å²) in [6.45, 7) is 6.04. The van der Waals surface area contributed by atoms with Gasteiger partial charge in [0.05, 0.1) is 5.56 Å². The fraction of sp³-hybridized carbons (Fsp3) is 0.300. The van der Waals surface area contributed by atoms with Crippen LogP contribution in [-0.2, 0) is 15.4 Å². The maximum atomic E-state index is 12.6. The molecule has 0 atom stereocenters. The molecule has 1 heterocycles. The summed E-state index contributed by atoms with van der Waals surface area (Å²) in [7, 11) is -3.89. The van der Waals surface area contributed by atoms with E-state index in [0.717, 1.165) is 14.3 Å². The molecule has 0 saturated heterocycles. The highest BCUT2D eigenvalue weighted by molar-refractivity contribution is 9.10. The van der Waals surface area contributed by atoms with Gasteiger partial charge >= 0.3 is 0 Å². The molecule has 0 aromatic heterocycles. The number of hydrogen-bond donors (Lipinski definition) is 1. The molecule has 0 fully saturated rings. The average molecular weight is 465 g/mol. The summed E-state index contributed by atoms with van der Waals surface area (Å²) in [6.07, 6.45) is 0. The van der Waals surface area contributed by atoms with Gasteiger partial charge in [-0.3, -0.25) is 9.59 Å². The monoisotopic (exact) mass is 464 g/mol. The van der Waals surface area contributed by atoms with Crippen molar-refractivity contribution in [3.8, 4) is 0 Å². The summed E-state index contributed by atoms with van der Waals surface area (Å²) in [5.41, 5.74) is 1.05. The average Bonchev–Trinajstić information content (AvgIpc) is 2.84. The zero-order valence-corrected chi connectivity index (χ0v) is 18.2. The molecule has 3 rings (SSSR count). The van der Waals surface area contributed by atoms with E-state index in [-0.39, 0.29) is 33.9 Å². The van der Waals surface area contributed by atoms with Crippen molar-refractivity contribution in [2.45, 2.75) is 31.1 Å². The predicted octanol–water partition coefficient (Wildman–Crippen LogP) is 3.32. The summed E-state index contributed by atoms with van der Waals surface area (Å²) >= 11 is 3.45. The standard InChI is InChI=1S/C20H21BrN2O4S/c1-4-23-19(25)16-9-8-13(10-17(16)28(23,26)27)18(24)22-12-20(2,3)14-6-5-7-15(21)11-14/h5-11H,4,12H2,1-3H3,(H,22,24). The Hall–Kier alpha value is -2.19. The van der Waals surface area contributed by atoms with E-state index in [4.69, 9.17) is 0 Å². The van der Waals surface area contributed by atoms with Crippen LogP contribution in [0.2, 0.25) is 0 Å². The lowest BCUT2D eigenvalue weighted by atomic mass is 9.84. The first-order valence-electron chi connectivity index (χ1n) is 8.83. The zero-order valence-electron chi connectivity index (χ0n) is 15.8. The maximum absolute atomic E-state index is 12.6. The Morgan fingerprint density at radius 1 is 1.18 bits per heavy atom. The van der Waals surface area contributed by atoms with E-state index in [9.17, 15) is 18.0 Å². The molecule has 0 aliphatic carbocycles. The van der Waals surface area contributed by atoms with Crippen molar-refractivity contribution in [2.24, 2.45) is 0 Å². The molecular formula is C20H21BrN2O4S. The molecule has 28 heavy (non-hydrogen) atoms. The Kier molecular flexibility index (Phi) is 5.38. The fourth-order valence-corrected chi connectivity index (χ4v) is 5.15. The minimum Gasteiger partial charge on any atom is -0.351 e. The normalized spacial score (nSPS) is 15.4. The number of sulfonamides is 1. The molecule has 0 saturated carbocycles. The number of nitrogens with one attached hydrogen (secondary N) is 1. The molecule has 1 aliphatic heterocycles. The summed E-state index contributed by atoms with van der Waals surface area (Å²) in [6, 6.07) is 12.0. The van der Waals surface area contributed by atoms with E-state index in [1.165, 1.54) is 18.2 Å². The van der Waals surface area contributed by atoms with Crippen LogP contribution in [0.15, 0.2) is 51.8 Å². The highest BCUT2D eigenvalue weighted by atomic mass is 79.9. The van der Waals surface area contributed by atoms with E-state index in [0.29, 0.717) is 6.54 Å². The topological polar surface area (TPSA) is 83.6 Å².